The van der Waals surface area contributed by atoms with E-state index in [1.54, 1.807) is 49.9 Å². The zero-order chi connectivity index (χ0) is 24.8. The summed E-state index contributed by atoms with van der Waals surface area (Å²) in [7, 11) is 0. The van der Waals surface area contributed by atoms with Crippen molar-refractivity contribution in [2.45, 2.75) is 55.0 Å². The molecule has 0 bridgehead atoms. The molecule has 0 spiro atoms. The molecule has 1 saturated heterocycles. The molecule has 7 heteroatoms. The highest BCUT2D eigenvalue weighted by atomic mass is 32.2. The van der Waals surface area contributed by atoms with E-state index in [1.165, 1.54) is 23.8 Å². The van der Waals surface area contributed by atoms with E-state index in [9.17, 15) is 13.6 Å². The first-order valence-electron chi connectivity index (χ1n) is 11.9. The summed E-state index contributed by atoms with van der Waals surface area (Å²) >= 11 is 1.61. The molecular formula is C28H30F2N2O2S. The molecule has 0 atom stereocenters. The first-order chi connectivity index (χ1) is 16.9. The molecule has 1 N–H and O–H groups in total. The lowest BCUT2D eigenvalue weighted by Crippen LogP contribution is -2.32. The SMILES string of the molecule is CC(C)OC(=O)Nc1ccc(F)c(C2CCN(Cc3ccc(Sc4ccc(F)cc4)cc3)CC2)c1. The van der Waals surface area contributed by atoms with Crippen molar-refractivity contribution in [3.8, 4) is 0 Å². The van der Waals surface area contributed by atoms with E-state index < -0.39 is 6.09 Å². The smallest absolute Gasteiger partial charge is 0.411 e. The van der Waals surface area contributed by atoms with Crippen molar-refractivity contribution in [1.29, 1.82) is 0 Å². The third-order valence-corrected chi connectivity index (χ3v) is 7.01. The quantitative estimate of drug-likeness (QED) is 0.369. The first kappa shape index (κ1) is 25.2. The van der Waals surface area contributed by atoms with Gasteiger partial charge >= 0.3 is 6.09 Å². The summed E-state index contributed by atoms with van der Waals surface area (Å²) < 4.78 is 32.8. The second kappa shape index (κ2) is 11.7. The molecule has 1 amide bonds. The molecule has 1 fully saturated rings. The fraction of sp³-hybridized carbons (Fsp3) is 0.321. The number of likely N-dealkylation sites (tertiary alicyclic amines) is 1. The molecule has 35 heavy (non-hydrogen) atoms. The van der Waals surface area contributed by atoms with Crippen molar-refractivity contribution in [3.05, 3.63) is 89.5 Å². The second-order valence-electron chi connectivity index (χ2n) is 9.07. The Balaban J connectivity index is 1.30. The van der Waals surface area contributed by atoms with Crippen LogP contribution in [0.2, 0.25) is 0 Å². The highest BCUT2D eigenvalue weighted by molar-refractivity contribution is 7.99. The van der Waals surface area contributed by atoms with Gasteiger partial charge in [-0.2, -0.15) is 0 Å². The van der Waals surface area contributed by atoms with E-state index in [1.807, 2.05) is 0 Å². The minimum absolute atomic E-state index is 0.114. The van der Waals surface area contributed by atoms with E-state index in [0.29, 0.717) is 11.3 Å². The number of benzene rings is 3. The van der Waals surface area contributed by atoms with E-state index in [0.717, 1.165) is 42.3 Å². The van der Waals surface area contributed by atoms with Gasteiger partial charge in [-0.25, -0.2) is 13.6 Å². The van der Waals surface area contributed by atoms with Crippen molar-refractivity contribution in [3.63, 3.8) is 0 Å². The number of carbonyl (C=O) groups is 1. The summed E-state index contributed by atoms with van der Waals surface area (Å²) in [6, 6.07) is 19.7. The van der Waals surface area contributed by atoms with Gasteiger partial charge in [0.2, 0.25) is 0 Å². The average molecular weight is 497 g/mol. The molecular weight excluding hydrogens is 466 g/mol. The topological polar surface area (TPSA) is 41.6 Å². The summed E-state index contributed by atoms with van der Waals surface area (Å²) in [5.74, 6) is -0.351. The van der Waals surface area contributed by atoms with Gasteiger partial charge in [0.05, 0.1) is 6.10 Å². The number of nitrogens with zero attached hydrogens (tertiary/aromatic N) is 1. The predicted octanol–water partition coefficient (Wildman–Crippen LogP) is 7.45. The molecule has 0 aromatic heterocycles. The van der Waals surface area contributed by atoms with Crippen LogP contribution in [0.3, 0.4) is 0 Å². The van der Waals surface area contributed by atoms with Gasteiger partial charge in [-0.05, 0) is 111 Å². The zero-order valence-electron chi connectivity index (χ0n) is 20.0. The van der Waals surface area contributed by atoms with Crippen molar-refractivity contribution in [2.75, 3.05) is 18.4 Å². The first-order valence-corrected chi connectivity index (χ1v) is 12.7. The lowest BCUT2D eigenvalue weighted by Gasteiger charge is -2.32. The van der Waals surface area contributed by atoms with Crippen LogP contribution >= 0.6 is 11.8 Å². The van der Waals surface area contributed by atoms with Gasteiger partial charge in [0.1, 0.15) is 11.6 Å². The third-order valence-electron chi connectivity index (χ3n) is 5.99. The van der Waals surface area contributed by atoms with E-state index in [-0.39, 0.29) is 23.7 Å². The molecule has 3 aromatic rings. The Labute approximate surface area is 209 Å². The Morgan fingerprint density at radius 3 is 2.26 bits per heavy atom. The fourth-order valence-corrected chi connectivity index (χ4v) is 5.07. The van der Waals surface area contributed by atoms with E-state index in [4.69, 9.17) is 4.74 Å². The van der Waals surface area contributed by atoms with Crippen LogP contribution in [-0.4, -0.2) is 30.2 Å². The summed E-state index contributed by atoms with van der Waals surface area (Å²) in [5, 5.41) is 2.69. The predicted molar refractivity (Wildman–Crippen MR) is 136 cm³/mol. The Morgan fingerprint density at radius 2 is 1.63 bits per heavy atom. The minimum atomic E-state index is -0.533. The van der Waals surface area contributed by atoms with E-state index >= 15 is 0 Å². The van der Waals surface area contributed by atoms with Crippen LogP contribution in [0.15, 0.2) is 76.5 Å². The van der Waals surface area contributed by atoms with Gasteiger partial charge in [0, 0.05) is 22.0 Å². The number of halogens is 2. The van der Waals surface area contributed by atoms with Crippen LogP contribution in [0, 0.1) is 11.6 Å². The summed E-state index contributed by atoms with van der Waals surface area (Å²) in [4.78, 5) is 16.4. The van der Waals surface area contributed by atoms with Crippen molar-refractivity contribution < 1.29 is 18.3 Å². The molecule has 1 aliphatic heterocycles. The molecule has 0 radical (unpaired) electrons. The van der Waals surface area contributed by atoms with Gasteiger partial charge in [0.15, 0.2) is 0 Å². The Morgan fingerprint density at radius 1 is 1.00 bits per heavy atom. The third kappa shape index (κ3) is 7.29. The van der Waals surface area contributed by atoms with Gasteiger partial charge < -0.3 is 4.74 Å². The molecule has 4 nitrogen and oxygen atoms in total. The lowest BCUT2D eigenvalue weighted by atomic mass is 9.88. The second-order valence-corrected chi connectivity index (χ2v) is 10.2. The van der Waals surface area contributed by atoms with Crippen LogP contribution in [0.1, 0.15) is 43.7 Å². The van der Waals surface area contributed by atoms with Crippen molar-refractivity contribution in [2.24, 2.45) is 0 Å². The van der Waals surface area contributed by atoms with E-state index in [2.05, 4.69) is 34.5 Å². The maximum Gasteiger partial charge on any atom is 0.411 e. The molecule has 4 rings (SSSR count). The van der Waals surface area contributed by atoms with Crippen LogP contribution in [-0.2, 0) is 11.3 Å². The number of anilines is 1. The Bertz CT molecular complexity index is 1130. The monoisotopic (exact) mass is 496 g/mol. The molecule has 0 unspecified atom stereocenters. The van der Waals surface area contributed by atoms with Gasteiger partial charge in [-0.15, -0.1) is 0 Å². The minimum Gasteiger partial charge on any atom is -0.447 e. The summed E-state index contributed by atoms with van der Waals surface area (Å²) in [5.41, 5.74) is 2.43. The fourth-order valence-electron chi connectivity index (χ4n) is 4.26. The number of amides is 1. The van der Waals surface area contributed by atoms with Gasteiger partial charge in [-0.3, -0.25) is 10.2 Å². The highest BCUT2D eigenvalue weighted by Gasteiger charge is 2.23. The van der Waals surface area contributed by atoms with Crippen LogP contribution in [0.25, 0.3) is 0 Å². The molecule has 1 heterocycles. The maximum atomic E-state index is 14.6. The number of nitrogens with one attached hydrogen (secondary N) is 1. The number of hydrogen-bond acceptors (Lipinski definition) is 4. The Kier molecular flexibility index (Phi) is 8.42. The van der Waals surface area contributed by atoms with Crippen molar-refractivity contribution >= 4 is 23.5 Å². The van der Waals surface area contributed by atoms with Crippen molar-refractivity contribution in [1.82, 2.24) is 4.90 Å². The lowest BCUT2D eigenvalue weighted by molar-refractivity contribution is 0.130. The molecule has 3 aromatic carbocycles. The number of rotatable bonds is 7. The normalized spacial score (nSPS) is 14.8. The zero-order valence-corrected chi connectivity index (χ0v) is 20.8. The van der Waals surface area contributed by atoms with Gasteiger partial charge in [-0.1, -0.05) is 23.9 Å². The molecule has 0 saturated carbocycles. The molecule has 0 aliphatic carbocycles. The number of piperidine rings is 1. The standard InChI is InChI=1S/C28H30F2N2O2S/c1-19(2)34-28(33)31-23-7-12-27(30)26(17-23)21-13-15-32(16-14-21)18-20-3-8-24(9-4-20)35-25-10-5-22(29)6-11-25/h3-12,17,19,21H,13-16,18H2,1-2H3,(H,31,33). The molecule has 184 valence electrons. The summed E-state index contributed by atoms with van der Waals surface area (Å²) in [6.45, 7) is 6.17. The Hall–Kier alpha value is -2.90. The average Bonchev–Trinajstić information content (AvgIpc) is 2.83. The van der Waals surface area contributed by atoms with Crippen LogP contribution in [0.4, 0.5) is 19.3 Å². The number of carbonyl (C=O) groups excluding carboxylic acids is 1. The number of hydrogen-bond donors (Lipinski definition) is 1. The molecule has 1 aliphatic rings. The highest BCUT2D eigenvalue weighted by Crippen LogP contribution is 2.33. The van der Waals surface area contributed by atoms with Gasteiger partial charge in [0.25, 0.3) is 0 Å². The number of ether oxygens (including phenoxy) is 1. The van der Waals surface area contributed by atoms with Crippen LogP contribution in [0.5, 0.6) is 0 Å². The summed E-state index contributed by atoms with van der Waals surface area (Å²) in [6.07, 6.45) is 0.962. The maximum absolute atomic E-state index is 14.6. The largest absolute Gasteiger partial charge is 0.447 e. The van der Waals surface area contributed by atoms with Crippen LogP contribution < -0.4 is 5.32 Å².